The van der Waals surface area contributed by atoms with Crippen molar-refractivity contribution in [2.45, 2.75) is 46.0 Å². The van der Waals surface area contributed by atoms with Crippen molar-refractivity contribution in [2.75, 3.05) is 0 Å². The molecule has 0 aromatic carbocycles. The first-order valence-electron chi connectivity index (χ1n) is 4.06. The molecule has 0 unspecified atom stereocenters. The third-order valence-electron chi connectivity index (χ3n) is 1.41. The Morgan fingerprint density at radius 2 is 1.67 bits per heavy atom. The molecule has 0 spiro atoms. The van der Waals surface area contributed by atoms with Crippen LogP contribution < -0.4 is 0 Å². The quantitative estimate of drug-likeness (QED) is 0.525. The van der Waals surface area contributed by atoms with Crippen molar-refractivity contribution in [3.05, 3.63) is 11.8 Å². The smallest absolute Gasteiger partial charge is 0.234 e. The third kappa shape index (κ3) is 2.50. The number of hydrogen-bond acceptors (Lipinski definition) is 3. The van der Waals surface area contributed by atoms with Gasteiger partial charge in [0.15, 0.2) is 0 Å². The Labute approximate surface area is 73.2 Å². The lowest BCUT2D eigenvalue weighted by molar-refractivity contribution is -0.431. The molecule has 0 amide bonds. The molecule has 70 valence electrons. The highest BCUT2D eigenvalue weighted by Gasteiger charge is 2.30. The van der Waals surface area contributed by atoms with E-state index in [0.717, 1.165) is 5.76 Å². The molecular formula is C9H16O3. The van der Waals surface area contributed by atoms with Gasteiger partial charge >= 0.3 is 0 Å². The summed E-state index contributed by atoms with van der Waals surface area (Å²) in [5, 5.41) is 0. The van der Waals surface area contributed by atoms with E-state index in [1.807, 2.05) is 40.7 Å². The van der Waals surface area contributed by atoms with Crippen LogP contribution in [-0.2, 0) is 14.5 Å². The van der Waals surface area contributed by atoms with E-state index in [2.05, 4.69) is 0 Å². The van der Waals surface area contributed by atoms with Crippen molar-refractivity contribution in [3.63, 3.8) is 0 Å². The van der Waals surface area contributed by atoms with Gasteiger partial charge in [0.1, 0.15) is 5.60 Å². The van der Waals surface area contributed by atoms with E-state index in [-0.39, 0.29) is 0 Å². The van der Waals surface area contributed by atoms with Crippen molar-refractivity contribution >= 4 is 0 Å². The summed E-state index contributed by atoms with van der Waals surface area (Å²) in [5.74, 6) is 0.122. The second kappa shape index (κ2) is 2.75. The van der Waals surface area contributed by atoms with E-state index < -0.39 is 11.4 Å². The van der Waals surface area contributed by atoms with Crippen molar-refractivity contribution in [2.24, 2.45) is 0 Å². The van der Waals surface area contributed by atoms with Crippen molar-refractivity contribution in [1.29, 1.82) is 0 Å². The number of ether oxygens (including phenoxy) is 1. The van der Waals surface area contributed by atoms with Crippen LogP contribution in [0.5, 0.6) is 0 Å². The lowest BCUT2D eigenvalue weighted by Gasteiger charge is -2.24. The minimum atomic E-state index is -0.700. The minimum absolute atomic E-state index is 0.419. The molecule has 1 aliphatic heterocycles. The lowest BCUT2D eigenvalue weighted by Crippen LogP contribution is -2.29. The molecule has 12 heavy (non-hydrogen) atoms. The third-order valence-corrected chi connectivity index (χ3v) is 1.41. The maximum atomic E-state index is 5.45. The minimum Gasteiger partial charge on any atom is -0.465 e. The van der Waals surface area contributed by atoms with Gasteiger partial charge in [0.2, 0.25) is 5.79 Å². The molecule has 0 N–H and O–H groups in total. The normalized spacial score (nSPS) is 26.9. The highest BCUT2D eigenvalue weighted by atomic mass is 17.2. The monoisotopic (exact) mass is 172 g/mol. The lowest BCUT2D eigenvalue weighted by atomic mass is 10.1. The fourth-order valence-corrected chi connectivity index (χ4v) is 1.16. The van der Waals surface area contributed by atoms with Crippen molar-refractivity contribution in [1.82, 2.24) is 0 Å². The summed E-state index contributed by atoms with van der Waals surface area (Å²) in [5.41, 5.74) is -0.419. The van der Waals surface area contributed by atoms with E-state index in [0.29, 0.717) is 0 Å². The van der Waals surface area contributed by atoms with Crippen LogP contribution in [-0.4, -0.2) is 11.4 Å². The molecule has 1 aliphatic rings. The van der Waals surface area contributed by atoms with Gasteiger partial charge < -0.3 is 4.74 Å². The van der Waals surface area contributed by atoms with Crippen LogP contribution in [0.15, 0.2) is 11.8 Å². The summed E-state index contributed by atoms with van der Waals surface area (Å²) in [4.78, 5) is 10.3. The van der Waals surface area contributed by atoms with E-state index in [1.54, 1.807) is 0 Å². The van der Waals surface area contributed by atoms with Gasteiger partial charge in [-0.1, -0.05) is 0 Å². The van der Waals surface area contributed by atoms with Crippen LogP contribution in [0.4, 0.5) is 0 Å². The second-order valence-electron chi connectivity index (χ2n) is 4.03. The van der Waals surface area contributed by atoms with Crippen LogP contribution in [0.2, 0.25) is 0 Å². The standard InChI is InChI=1S/C9H16O3/c1-7-6-8(2,3)11-12-9(4,5)10-7/h6H,1-5H3. The summed E-state index contributed by atoms with van der Waals surface area (Å²) in [7, 11) is 0. The molecule has 0 bridgehead atoms. The number of rotatable bonds is 0. The van der Waals surface area contributed by atoms with Gasteiger partial charge in [-0.3, -0.25) is 0 Å². The summed E-state index contributed by atoms with van der Waals surface area (Å²) in [6, 6.07) is 0. The van der Waals surface area contributed by atoms with E-state index in [1.165, 1.54) is 0 Å². The van der Waals surface area contributed by atoms with E-state index in [4.69, 9.17) is 14.5 Å². The molecule has 1 rings (SSSR count). The predicted molar refractivity (Wildman–Crippen MR) is 45.2 cm³/mol. The Balaban J connectivity index is 2.81. The summed E-state index contributed by atoms with van der Waals surface area (Å²) >= 11 is 0. The Bertz CT molecular complexity index is 204. The fourth-order valence-electron chi connectivity index (χ4n) is 1.16. The Hall–Kier alpha value is -0.540. The van der Waals surface area contributed by atoms with Crippen LogP contribution in [0, 0.1) is 0 Å². The number of allylic oxidation sites excluding steroid dienone is 1. The second-order valence-corrected chi connectivity index (χ2v) is 4.03. The molecule has 1 heterocycles. The van der Waals surface area contributed by atoms with Crippen LogP contribution in [0.25, 0.3) is 0 Å². The molecule has 0 fully saturated rings. The molecule has 0 saturated carbocycles. The summed E-state index contributed by atoms with van der Waals surface area (Å²) in [6.07, 6.45) is 1.89. The van der Waals surface area contributed by atoms with Gasteiger partial charge in [-0.05, 0) is 26.8 Å². The average Bonchev–Trinajstić information content (AvgIpc) is 1.87. The summed E-state index contributed by atoms with van der Waals surface area (Å²) in [6.45, 7) is 9.35. The van der Waals surface area contributed by atoms with Crippen molar-refractivity contribution in [3.8, 4) is 0 Å². The topological polar surface area (TPSA) is 27.7 Å². The molecule has 0 radical (unpaired) electrons. The number of hydrogen-bond donors (Lipinski definition) is 0. The molecule has 0 aromatic heterocycles. The van der Waals surface area contributed by atoms with E-state index in [9.17, 15) is 0 Å². The molecule has 0 atom stereocenters. The van der Waals surface area contributed by atoms with Crippen LogP contribution in [0.3, 0.4) is 0 Å². The Kier molecular flexibility index (Phi) is 2.19. The van der Waals surface area contributed by atoms with Crippen LogP contribution >= 0.6 is 0 Å². The maximum Gasteiger partial charge on any atom is 0.234 e. The molecule has 3 heteroatoms. The first-order valence-corrected chi connectivity index (χ1v) is 4.06. The zero-order valence-corrected chi connectivity index (χ0v) is 8.30. The van der Waals surface area contributed by atoms with Crippen LogP contribution in [0.1, 0.15) is 34.6 Å². The van der Waals surface area contributed by atoms with Gasteiger partial charge in [0.05, 0.1) is 5.76 Å². The first kappa shape index (κ1) is 9.55. The molecule has 3 nitrogen and oxygen atoms in total. The largest absolute Gasteiger partial charge is 0.465 e. The molecule has 0 aromatic rings. The maximum absolute atomic E-state index is 5.45. The van der Waals surface area contributed by atoms with Gasteiger partial charge in [-0.25, -0.2) is 4.89 Å². The fraction of sp³-hybridized carbons (Fsp3) is 0.778. The Morgan fingerprint density at radius 3 is 2.25 bits per heavy atom. The van der Waals surface area contributed by atoms with E-state index >= 15 is 0 Å². The molecule has 0 saturated heterocycles. The predicted octanol–water partition coefficient (Wildman–Crippen LogP) is 2.38. The highest BCUT2D eigenvalue weighted by molar-refractivity contribution is 5.02. The van der Waals surface area contributed by atoms with Crippen molar-refractivity contribution < 1.29 is 14.5 Å². The average molecular weight is 172 g/mol. The summed E-state index contributed by atoms with van der Waals surface area (Å²) < 4.78 is 5.45. The van der Waals surface area contributed by atoms with Gasteiger partial charge in [-0.15, -0.1) is 0 Å². The van der Waals surface area contributed by atoms with Gasteiger partial charge in [0, 0.05) is 13.8 Å². The Morgan fingerprint density at radius 1 is 1.08 bits per heavy atom. The molecular weight excluding hydrogens is 156 g/mol. The highest BCUT2D eigenvalue weighted by Crippen LogP contribution is 2.26. The van der Waals surface area contributed by atoms with Gasteiger partial charge in [-0.2, -0.15) is 4.89 Å². The zero-order valence-electron chi connectivity index (χ0n) is 8.30. The first-order chi connectivity index (χ1) is 5.31. The SMILES string of the molecule is CC1=CC(C)(C)OOC(C)(C)O1. The van der Waals surface area contributed by atoms with Gasteiger partial charge in [0.25, 0.3) is 0 Å². The molecule has 0 aliphatic carbocycles. The zero-order chi connectivity index (χ0) is 9.41.